The summed E-state index contributed by atoms with van der Waals surface area (Å²) in [5, 5.41) is 0. The van der Waals surface area contributed by atoms with Crippen LogP contribution in [-0.4, -0.2) is 28.5 Å². The molecule has 6 nitrogen and oxygen atoms in total. The maximum atomic E-state index is 13.0. The first-order valence-corrected chi connectivity index (χ1v) is 4.48. The maximum Gasteiger partial charge on any atom is 0.310 e. The number of nitrogens with one attached hydrogen (secondary N) is 1. The molecule has 2 rings (SSSR count). The average molecular weight is 224 g/mol. The molecule has 0 atom stereocenters. The summed E-state index contributed by atoms with van der Waals surface area (Å²) in [5.41, 5.74) is -1.03. The van der Waals surface area contributed by atoms with Crippen LogP contribution in [0.1, 0.15) is 0 Å². The predicted octanol–water partition coefficient (Wildman–Crippen LogP) is -0.412. The Morgan fingerprint density at radius 3 is 2.69 bits per heavy atom. The Balaban J connectivity index is 2.85. The summed E-state index contributed by atoms with van der Waals surface area (Å²) in [6.07, 6.45) is 2.39. The van der Waals surface area contributed by atoms with Gasteiger partial charge in [-0.3, -0.25) is 19.0 Å². The summed E-state index contributed by atoms with van der Waals surface area (Å²) in [6.45, 7) is 0. The summed E-state index contributed by atoms with van der Waals surface area (Å²) >= 11 is 0. The van der Waals surface area contributed by atoms with Crippen LogP contribution in [0.4, 0.5) is 10.1 Å². The maximum absolute atomic E-state index is 13.0. The molecule has 0 aliphatic rings. The van der Waals surface area contributed by atoms with Crippen LogP contribution < -0.4 is 16.0 Å². The summed E-state index contributed by atoms with van der Waals surface area (Å²) in [6, 6.07) is 0. The van der Waals surface area contributed by atoms with Gasteiger partial charge in [0.15, 0.2) is 0 Å². The third kappa shape index (κ3) is 1.56. The van der Waals surface area contributed by atoms with Gasteiger partial charge in [0.05, 0.1) is 6.20 Å². The van der Waals surface area contributed by atoms with Crippen molar-refractivity contribution in [2.75, 3.05) is 19.0 Å². The molecule has 1 N–H and O–H groups in total. The molecule has 0 spiro atoms. The lowest BCUT2D eigenvalue weighted by atomic mass is 10.4. The molecule has 0 aliphatic heterocycles. The molecule has 16 heavy (non-hydrogen) atoms. The summed E-state index contributed by atoms with van der Waals surface area (Å²) in [5.74, 6) is -0.948. The van der Waals surface area contributed by atoms with Crippen molar-refractivity contribution in [2.45, 2.75) is 0 Å². The van der Waals surface area contributed by atoms with E-state index in [0.717, 1.165) is 6.20 Å². The molecule has 0 aliphatic carbocycles. The first-order valence-electron chi connectivity index (χ1n) is 4.48. The molecule has 0 aromatic carbocycles. The normalized spacial score (nSPS) is 10.7. The molecule has 0 amide bonds. The van der Waals surface area contributed by atoms with E-state index in [9.17, 15) is 14.0 Å². The van der Waals surface area contributed by atoms with E-state index in [-0.39, 0.29) is 11.3 Å². The fraction of sp³-hybridized carbons (Fsp3) is 0.222. The van der Waals surface area contributed by atoms with E-state index in [1.54, 1.807) is 19.0 Å². The van der Waals surface area contributed by atoms with Crippen LogP contribution in [0, 0.1) is 5.82 Å². The number of hydrogen-bond donors (Lipinski definition) is 1. The lowest BCUT2D eigenvalue weighted by Gasteiger charge is -2.11. The van der Waals surface area contributed by atoms with E-state index >= 15 is 0 Å². The van der Waals surface area contributed by atoms with Gasteiger partial charge >= 0.3 is 5.56 Å². The Labute approximate surface area is 89.0 Å². The SMILES string of the molecule is CN(C)c1cn2cc(F)c(=O)nc2[nH]c1=O. The van der Waals surface area contributed by atoms with Crippen molar-refractivity contribution >= 4 is 11.5 Å². The number of nitrogens with zero attached hydrogens (tertiary/aromatic N) is 3. The van der Waals surface area contributed by atoms with Crippen molar-refractivity contribution in [2.24, 2.45) is 0 Å². The van der Waals surface area contributed by atoms with E-state index in [2.05, 4.69) is 9.97 Å². The third-order valence-electron chi connectivity index (χ3n) is 2.11. The van der Waals surface area contributed by atoms with Crippen LogP contribution in [0.2, 0.25) is 0 Å². The second-order valence-electron chi connectivity index (χ2n) is 3.49. The molecular weight excluding hydrogens is 215 g/mol. The van der Waals surface area contributed by atoms with E-state index in [1.165, 1.54) is 10.6 Å². The molecule has 0 unspecified atom stereocenters. The van der Waals surface area contributed by atoms with Gasteiger partial charge in [-0.2, -0.15) is 9.37 Å². The first-order chi connectivity index (χ1) is 7.49. The van der Waals surface area contributed by atoms with Crippen LogP contribution >= 0.6 is 0 Å². The van der Waals surface area contributed by atoms with E-state index in [0.29, 0.717) is 5.69 Å². The quantitative estimate of drug-likeness (QED) is 0.714. The zero-order chi connectivity index (χ0) is 11.9. The number of aromatic nitrogens is 3. The van der Waals surface area contributed by atoms with Gasteiger partial charge in [-0.1, -0.05) is 0 Å². The molecule has 0 fully saturated rings. The van der Waals surface area contributed by atoms with Gasteiger partial charge in [0.1, 0.15) is 5.69 Å². The summed E-state index contributed by atoms with van der Waals surface area (Å²) in [4.78, 5) is 29.8. The van der Waals surface area contributed by atoms with Gasteiger partial charge < -0.3 is 4.90 Å². The Kier molecular flexibility index (Phi) is 2.22. The first kappa shape index (κ1) is 10.3. The number of H-pyrrole nitrogens is 1. The van der Waals surface area contributed by atoms with Crippen molar-refractivity contribution < 1.29 is 4.39 Å². The molecule has 0 bridgehead atoms. The Morgan fingerprint density at radius 2 is 2.06 bits per heavy atom. The van der Waals surface area contributed by atoms with Gasteiger partial charge in [-0.15, -0.1) is 0 Å². The van der Waals surface area contributed by atoms with Crippen molar-refractivity contribution in [3.05, 3.63) is 38.9 Å². The lowest BCUT2D eigenvalue weighted by Crippen LogP contribution is -2.24. The molecule has 2 heterocycles. The summed E-state index contributed by atoms with van der Waals surface area (Å²) in [7, 11) is 3.37. The molecular formula is C9H9FN4O2. The molecule has 0 saturated heterocycles. The highest BCUT2D eigenvalue weighted by atomic mass is 19.1. The molecule has 7 heteroatoms. The van der Waals surface area contributed by atoms with E-state index in [1.807, 2.05) is 0 Å². The molecule has 0 radical (unpaired) electrons. The second-order valence-corrected chi connectivity index (χ2v) is 3.49. The van der Waals surface area contributed by atoms with Crippen LogP contribution in [-0.2, 0) is 0 Å². The monoisotopic (exact) mass is 224 g/mol. The smallest absolute Gasteiger partial charge is 0.310 e. The molecule has 2 aromatic rings. The Hall–Kier alpha value is -2.18. The van der Waals surface area contributed by atoms with Crippen molar-refractivity contribution in [3.63, 3.8) is 0 Å². The largest absolute Gasteiger partial charge is 0.372 e. The highest BCUT2D eigenvalue weighted by Crippen LogP contribution is 2.03. The fourth-order valence-corrected chi connectivity index (χ4v) is 1.31. The number of halogens is 1. The van der Waals surface area contributed by atoms with Crippen LogP contribution in [0.25, 0.3) is 5.78 Å². The predicted molar refractivity (Wildman–Crippen MR) is 56.4 cm³/mol. The van der Waals surface area contributed by atoms with Crippen molar-refractivity contribution in [1.29, 1.82) is 0 Å². The van der Waals surface area contributed by atoms with Gasteiger partial charge in [0.2, 0.25) is 11.6 Å². The molecule has 0 saturated carbocycles. The van der Waals surface area contributed by atoms with E-state index in [4.69, 9.17) is 0 Å². The lowest BCUT2D eigenvalue weighted by molar-refractivity contribution is 0.597. The van der Waals surface area contributed by atoms with Crippen molar-refractivity contribution in [3.8, 4) is 0 Å². The van der Waals surface area contributed by atoms with Crippen molar-refractivity contribution in [1.82, 2.24) is 14.4 Å². The molecule has 84 valence electrons. The third-order valence-corrected chi connectivity index (χ3v) is 2.11. The fourth-order valence-electron chi connectivity index (χ4n) is 1.31. The number of anilines is 1. The van der Waals surface area contributed by atoms with Gasteiger partial charge in [0, 0.05) is 20.3 Å². The highest BCUT2D eigenvalue weighted by molar-refractivity contribution is 5.44. The van der Waals surface area contributed by atoms with E-state index < -0.39 is 11.4 Å². The second kappa shape index (κ2) is 3.44. The van der Waals surface area contributed by atoms with Crippen LogP contribution in [0.3, 0.4) is 0 Å². The standard InChI is InChI=1S/C9H9FN4O2/c1-13(2)6-4-14-3-5(10)7(15)11-9(14)12-8(6)16/h3-4H,1-2H3,(H,11,12,15,16). The van der Waals surface area contributed by atoms with Gasteiger partial charge in [0.25, 0.3) is 5.56 Å². The van der Waals surface area contributed by atoms with Gasteiger partial charge in [-0.05, 0) is 0 Å². The Bertz CT molecular complexity index is 659. The zero-order valence-corrected chi connectivity index (χ0v) is 8.69. The van der Waals surface area contributed by atoms with Crippen LogP contribution in [0.5, 0.6) is 0 Å². The van der Waals surface area contributed by atoms with Gasteiger partial charge in [-0.25, -0.2) is 0 Å². The average Bonchev–Trinajstić information content (AvgIpc) is 2.19. The van der Waals surface area contributed by atoms with Crippen LogP contribution in [0.15, 0.2) is 22.0 Å². The number of rotatable bonds is 1. The molecule has 2 aromatic heterocycles. The highest BCUT2D eigenvalue weighted by Gasteiger charge is 2.07. The number of fused-ring (bicyclic) bond motifs is 1. The minimum Gasteiger partial charge on any atom is -0.372 e. The zero-order valence-electron chi connectivity index (χ0n) is 8.69. The summed E-state index contributed by atoms with van der Waals surface area (Å²) < 4.78 is 14.2. The number of aromatic amines is 1. The Morgan fingerprint density at radius 1 is 1.38 bits per heavy atom. The number of hydrogen-bond acceptors (Lipinski definition) is 4. The topological polar surface area (TPSA) is 70.5 Å². The minimum absolute atomic E-state index is 0.0157. The minimum atomic E-state index is -0.992.